The SMILES string of the molecule is COc1ccc(OC(=O)c2nc(-n3ccnc3)ncc2Cl)cc1. The van der Waals surface area contributed by atoms with Gasteiger partial charge in [-0.2, -0.15) is 0 Å². The van der Waals surface area contributed by atoms with Crippen molar-refractivity contribution in [2.45, 2.75) is 0 Å². The van der Waals surface area contributed by atoms with E-state index in [-0.39, 0.29) is 16.7 Å². The average Bonchev–Trinajstić information content (AvgIpc) is 3.10. The molecule has 0 atom stereocenters. The lowest BCUT2D eigenvalue weighted by Gasteiger charge is -2.07. The van der Waals surface area contributed by atoms with Crippen LogP contribution in [0.15, 0.2) is 49.2 Å². The molecule has 0 saturated heterocycles. The first-order valence-electron chi connectivity index (χ1n) is 6.54. The van der Waals surface area contributed by atoms with Gasteiger partial charge in [-0.15, -0.1) is 0 Å². The molecule has 116 valence electrons. The molecule has 0 aliphatic carbocycles. The van der Waals surface area contributed by atoms with Crippen molar-refractivity contribution in [3.63, 3.8) is 0 Å². The van der Waals surface area contributed by atoms with Crippen molar-refractivity contribution in [3.8, 4) is 17.4 Å². The lowest BCUT2D eigenvalue weighted by molar-refractivity contribution is 0.0728. The first kappa shape index (κ1) is 15.0. The van der Waals surface area contributed by atoms with E-state index in [9.17, 15) is 4.79 Å². The molecule has 3 aromatic rings. The highest BCUT2D eigenvalue weighted by Gasteiger charge is 2.17. The van der Waals surface area contributed by atoms with Crippen LogP contribution in [-0.4, -0.2) is 32.6 Å². The van der Waals surface area contributed by atoms with E-state index in [2.05, 4.69) is 15.0 Å². The van der Waals surface area contributed by atoms with Gasteiger partial charge >= 0.3 is 5.97 Å². The average molecular weight is 331 g/mol. The quantitative estimate of drug-likeness (QED) is 0.540. The Morgan fingerprint density at radius 3 is 2.61 bits per heavy atom. The molecule has 0 fully saturated rings. The monoisotopic (exact) mass is 330 g/mol. The van der Waals surface area contributed by atoms with Crippen molar-refractivity contribution in [3.05, 3.63) is 59.9 Å². The number of hydrogen-bond acceptors (Lipinski definition) is 6. The van der Waals surface area contributed by atoms with Crippen LogP contribution in [0.25, 0.3) is 5.95 Å². The number of methoxy groups -OCH3 is 1. The molecule has 0 aliphatic heterocycles. The van der Waals surface area contributed by atoms with Crippen LogP contribution in [0.2, 0.25) is 5.02 Å². The maximum Gasteiger partial charge on any atom is 0.364 e. The Labute approximate surface area is 136 Å². The van der Waals surface area contributed by atoms with Gasteiger partial charge in [0, 0.05) is 12.4 Å². The third-order valence-corrected chi connectivity index (χ3v) is 3.21. The lowest BCUT2D eigenvalue weighted by atomic mass is 10.3. The minimum atomic E-state index is -0.677. The molecule has 23 heavy (non-hydrogen) atoms. The Morgan fingerprint density at radius 1 is 1.22 bits per heavy atom. The number of hydrogen-bond donors (Lipinski definition) is 0. The third kappa shape index (κ3) is 3.29. The van der Waals surface area contributed by atoms with Crippen molar-refractivity contribution < 1.29 is 14.3 Å². The van der Waals surface area contributed by atoms with E-state index >= 15 is 0 Å². The van der Waals surface area contributed by atoms with Gasteiger partial charge in [0.05, 0.1) is 18.3 Å². The molecule has 1 aromatic carbocycles. The number of imidazole rings is 1. The van der Waals surface area contributed by atoms with Crippen LogP contribution in [0.1, 0.15) is 10.5 Å². The van der Waals surface area contributed by atoms with E-state index in [1.165, 1.54) is 12.5 Å². The number of ether oxygens (including phenoxy) is 2. The zero-order chi connectivity index (χ0) is 16.2. The van der Waals surface area contributed by atoms with Gasteiger partial charge in [0.1, 0.15) is 17.8 Å². The highest BCUT2D eigenvalue weighted by atomic mass is 35.5. The highest BCUT2D eigenvalue weighted by Crippen LogP contribution is 2.20. The molecule has 0 unspecified atom stereocenters. The van der Waals surface area contributed by atoms with Gasteiger partial charge in [-0.1, -0.05) is 11.6 Å². The topological polar surface area (TPSA) is 79.1 Å². The van der Waals surface area contributed by atoms with Crippen molar-refractivity contribution >= 4 is 17.6 Å². The zero-order valence-corrected chi connectivity index (χ0v) is 12.8. The predicted molar refractivity (Wildman–Crippen MR) is 82.1 cm³/mol. The van der Waals surface area contributed by atoms with Crippen molar-refractivity contribution in [2.24, 2.45) is 0 Å². The Bertz CT molecular complexity index is 819. The van der Waals surface area contributed by atoms with E-state index in [1.54, 1.807) is 48.3 Å². The van der Waals surface area contributed by atoms with Crippen molar-refractivity contribution in [1.82, 2.24) is 19.5 Å². The fraction of sp³-hybridized carbons (Fsp3) is 0.0667. The molecule has 7 nitrogen and oxygen atoms in total. The minimum absolute atomic E-state index is 0.0267. The first-order chi connectivity index (χ1) is 11.2. The molecule has 0 aliphatic rings. The summed E-state index contributed by atoms with van der Waals surface area (Å²) in [5, 5.41) is 0.104. The highest BCUT2D eigenvalue weighted by molar-refractivity contribution is 6.33. The largest absolute Gasteiger partial charge is 0.497 e. The molecule has 0 spiro atoms. The summed E-state index contributed by atoms with van der Waals surface area (Å²) < 4.78 is 11.9. The molecular weight excluding hydrogens is 320 g/mol. The van der Waals surface area contributed by atoms with E-state index in [4.69, 9.17) is 21.1 Å². The fourth-order valence-electron chi connectivity index (χ4n) is 1.80. The number of carbonyl (C=O) groups is 1. The Kier molecular flexibility index (Phi) is 4.20. The van der Waals surface area contributed by atoms with E-state index in [0.29, 0.717) is 11.5 Å². The van der Waals surface area contributed by atoms with Crippen LogP contribution in [0.4, 0.5) is 0 Å². The van der Waals surface area contributed by atoms with Gasteiger partial charge in [0.2, 0.25) is 5.95 Å². The molecule has 3 rings (SSSR count). The van der Waals surface area contributed by atoms with Crippen LogP contribution in [-0.2, 0) is 0 Å². The lowest BCUT2D eigenvalue weighted by Crippen LogP contribution is -2.13. The predicted octanol–water partition coefficient (Wildman–Crippen LogP) is 2.54. The van der Waals surface area contributed by atoms with Gasteiger partial charge < -0.3 is 9.47 Å². The van der Waals surface area contributed by atoms with Gasteiger partial charge in [-0.05, 0) is 24.3 Å². The van der Waals surface area contributed by atoms with E-state index < -0.39 is 5.97 Å². The molecule has 2 aromatic heterocycles. The maximum absolute atomic E-state index is 12.3. The van der Waals surface area contributed by atoms with Crippen LogP contribution >= 0.6 is 11.6 Å². The first-order valence-corrected chi connectivity index (χ1v) is 6.92. The molecule has 8 heteroatoms. The van der Waals surface area contributed by atoms with E-state index in [0.717, 1.165) is 0 Å². The molecular formula is C15H11ClN4O3. The van der Waals surface area contributed by atoms with Crippen LogP contribution < -0.4 is 9.47 Å². The second-order valence-corrected chi connectivity index (χ2v) is 4.81. The number of aromatic nitrogens is 4. The number of benzene rings is 1. The number of halogens is 1. The normalized spacial score (nSPS) is 10.3. The summed E-state index contributed by atoms with van der Waals surface area (Å²) in [5.74, 6) is 0.611. The molecule has 2 heterocycles. The number of esters is 1. The van der Waals surface area contributed by atoms with Gasteiger partial charge in [-0.25, -0.2) is 19.7 Å². The van der Waals surface area contributed by atoms with E-state index in [1.807, 2.05) is 0 Å². The number of carbonyl (C=O) groups excluding carboxylic acids is 1. The Morgan fingerprint density at radius 2 is 1.96 bits per heavy atom. The summed E-state index contributed by atoms with van der Waals surface area (Å²) in [6, 6.07) is 6.59. The number of nitrogens with zero attached hydrogens (tertiary/aromatic N) is 4. The van der Waals surface area contributed by atoms with Gasteiger partial charge in [0.15, 0.2) is 5.69 Å². The fourth-order valence-corrected chi connectivity index (χ4v) is 1.97. The standard InChI is InChI=1S/C15H11ClN4O3/c1-22-10-2-4-11(5-3-10)23-14(21)13-12(16)8-18-15(19-13)20-7-6-17-9-20/h2-9H,1H3. The minimum Gasteiger partial charge on any atom is -0.497 e. The van der Waals surface area contributed by atoms with Crippen LogP contribution in [0.3, 0.4) is 0 Å². The van der Waals surface area contributed by atoms with Crippen molar-refractivity contribution in [1.29, 1.82) is 0 Å². The summed E-state index contributed by atoms with van der Waals surface area (Å²) in [7, 11) is 1.55. The molecule has 0 N–H and O–H groups in total. The Balaban J connectivity index is 1.85. The third-order valence-electron chi connectivity index (χ3n) is 2.93. The zero-order valence-electron chi connectivity index (χ0n) is 12.0. The van der Waals surface area contributed by atoms with Gasteiger partial charge in [0.25, 0.3) is 0 Å². The summed E-state index contributed by atoms with van der Waals surface area (Å²) in [6.07, 6.45) is 6.09. The van der Waals surface area contributed by atoms with Crippen LogP contribution in [0, 0.1) is 0 Å². The number of rotatable bonds is 4. The second kappa shape index (κ2) is 6.45. The van der Waals surface area contributed by atoms with Crippen molar-refractivity contribution in [2.75, 3.05) is 7.11 Å². The summed E-state index contributed by atoms with van der Waals surface area (Å²) >= 11 is 6.00. The van der Waals surface area contributed by atoms with Crippen LogP contribution in [0.5, 0.6) is 11.5 Å². The molecule has 0 radical (unpaired) electrons. The summed E-state index contributed by atoms with van der Waals surface area (Å²) in [5.41, 5.74) is -0.0267. The summed E-state index contributed by atoms with van der Waals surface area (Å²) in [6.45, 7) is 0. The Hall–Kier alpha value is -2.93. The smallest absolute Gasteiger partial charge is 0.364 e. The molecule has 0 amide bonds. The summed E-state index contributed by atoms with van der Waals surface area (Å²) in [4.78, 5) is 24.3. The maximum atomic E-state index is 12.3. The molecule has 0 bridgehead atoms. The van der Waals surface area contributed by atoms with Gasteiger partial charge in [-0.3, -0.25) is 4.57 Å². The second-order valence-electron chi connectivity index (χ2n) is 4.40. The molecule has 0 saturated carbocycles.